The highest BCUT2D eigenvalue weighted by Crippen LogP contribution is 2.43. The van der Waals surface area contributed by atoms with Gasteiger partial charge >= 0.3 is 0 Å². The van der Waals surface area contributed by atoms with Crippen LogP contribution in [0.25, 0.3) is 0 Å². The molecule has 0 aromatic carbocycles. The summed E-state index contributed by atoms with van der Waals surface area (Å²) in [5, 5.41) is 24.1. The van der Waals surface area contributed by atoms with Gasteiger partial charge in [-0.25, -0.2) is 22.0 Å². The molecule has 1 aliphatic rings. The average Bonchev–Trinajstić information content (AvgIpc) is 2.94. The Morgan fingerprint density at radius 1 is 1.48 bits per heavy atom. The number of rotatable bonds is 8. The molecule has 0 fully saturated rings. The van der Waals surface area contributed by atoms with Crippen LogP contribution in [0.4, 0.5) is 0 Å². The van der Waals surface area contributed by atoms with E-state index in [9.17, 15) is 16.8 Å². The maximum Gasteiger partial charge on any atom is 0.247 e. The first-order valence-corrected chi connectivity index (χ1v) is 11.4. The number of primary sulfonamides is 1. The molecule has 0 spiro atoms. The van der Waals surface area contributed by atoms with Gasteiger partial charge in [-0.1, -0.05) is 6.92 Å². The van der Waals surface area contributed by atoms with Crippen molar-refractivity contribution in [1.82, 2.24) is 10.7 Å². The molecule has 0 bridgehead atoms. The predicted octanol–water partition coefficient (Wildman–Crippen LogP) is 0.384. The van der Waals surface area contributed by atoms with Crippen molar-refractivity contribution in [3.63, 3.8) is 0 Å². The van der Waals surface area contributed by atoms with Crippen molar-refractivity contribution < 1.29 is 32.1 Å². The Bertz CT molecular complexity index is 804. The Labute approximate surface area is 150 Å². The van der Waals surface area contributed by atoms with Crippen LogP contribution in [-0.4, -0.2) is 51.0 Å². The van der Waals surface area contributed by atoms with Crippen LogP contribution in [0.5, 0.6) is 0 Å². The summed E-state index contributed by atoms with van der Waals surface area (Å²) in [5.74, 6) is 0. The molecule has 2 unspecified atom stereocenters. The largest absolute Gasteiger partial charge is 0.310 e. The molecular formula is C12H21N3O7S3. The molecule has 0 saturated heterocycles. The molecule has 1 aliphatic heterocycles. The van der Waals surface area contributed by atoms with Crippen LogP contribution in [-0.2, 0) is 24.7 Å². The summed E-state index contributed by atoms with van der Waals surface area (Å²) in [7, 11) is -7.70. The topological polar surface area (TPSA) is 159 Å². The van der Waals surface area contributed by atoms with Crippen molar-refractivity contribution in [3.05, 3.63) is 11.6 Å². The standard InChI is InChI=1S/C12H21N3O7S3/c1-2-14-10-6-8(4-3-5-22-15(16)17)24(18,19)12-9(10)7-11(23-12)25(13,20)21/h7-8,10,14,16-17H,2-6H2,1H3,(H2,13,20,21). The summed E-state index contributed by atoms with van der Waals surface area (Å²) in [6.07, 6.45) is 0.801. The second-order valence-electron chi connectivity index (χ2n) is 5.59. The van der Waals surface area contributed by atoms with Gasteiger partial charge in [0.2, 0.25) is 10.0 Å². The second-order valence-corrected chi connectivity index (χ2v) is 10.9. The highest BCUT2D eigenvalue weighted by Gasteiger charge is 2.41. The molecular weight excluding hydrogens is 394 g/mol. The highest BCUT2D eigenvalue weighted by atomic mass is 32.3. The number of fused-ring (bicyclic) bond motifs is 1. The fraction of sp³-hybridized carbons (Fsp3) is 0.667. The molecule has 1 aromatic heterocycles. The Balaban J connectivity index is 2.30. The first-order valence-electron chi connectivity index (χ1n) is 7.52. The van der Waals surface area contributed by atoms with E-state index < -0.39 is 30.5 Å². The maximum atomic E-state index is 12.8. The number of sulfone groups is 1. The third-order valence-electron chi connectivity index (χ3n) is 3.88. The maximum absolute atomic E-state index is 12.8. The van der Waals surface area contributed by atoms with Gasteiger partial charge in [0.25, 0.3) is 0 Å². The van der Waals surface area contributed by atoms with Crippen LogP contribution in [0.3, 0.4) is 0 Å². The molecule has 0 aliphatic carbocycles. The van der Waals surface area contributed by atoms with Gasteiger partial charge in [0, 0.05) is 11.6 Å². The van der Waals surface area contributed by atoms with Gasteiger partial charge in [0.1, 0.15) is 8.42 Å². The van der Waals surface area contributed by atoms with Crippen molar-refractivity contribution in [3.8, 4) is 0 Å². The van der Waals surface area contributed by atoms with Crippen molar-refractivity contribution >= 4 is 31.2 Å². The van der Waals surface area contributed by atoms with E-state index in [4.69, 9.17) is 15.6 Å². The summed E-state index contributed by atoms with van der Waals surface area (Å²) in [6, 6.07) is 1.03. The molecule has 13 heteroatoms. The van der Waals surface area contributed by atoms with Crippen molar-refractivity contribution in [2.75, 3.05) is 13.2 Å². The van der Waals surface area contributed by atoms with E-state index in [1.165, 1.54) is 6.07 Å². The smallest absolute Gasteiger partial charge is 0.247 e. The highest BCUT2D eigenvalue weighted by molar-refractivity contribution is 7.95. The minimum atomic E-state index is -3.99. The van der Waals surface area contributed by atoms with E-state index >= 15 is 0 Å². The molecule has 5 N–H and O–H groups in total. The van der Waals surface area contributed by atoms with Gasteiger partial charge in [-0.2, -0.15) is 0 Å². The Morgan fingerprint density at radius 3 is 2.72 bits per heavy atom. The molecule has 0 radical (unpaired) electrons. The molecule has 2 heterocycles. The third-order valence-corrected chi connectivity index (χ3v) is 9.25. The van der Waals surface area contributed by atoms with Gasteiger partial charge in [0.15, 0.2) is 9.84 Å². The number of thiophene rings is 1. The zero-order chi connectivity index (χ0) is 18.8. The molecule has 10 nitrogen and oxygen atoms in total. The number of nitrogens with zero attached hydrogens (tertiary/aromatic N) is 1. The summed E-state index contributed by atoms with van der Waals surface area (Å²) < 4.78 is 48.7. The Hall–Kier alpha value is -0.640. The summed E-state index contributed by atoms with van der Waals surface area (Å²) in [5.41, 5.74) is 0.431. The zero-order valence-corrected chi connectivity index (χ0v) is 15.9. The summed E-state index contributed by atoms with van der Waals surface area (Å²) in [4.78, 5) is 4.43. The monoisotopic (exact) mass is 415 g/mol. The second kappa shape index (κ2) is 7.94. The molecule has 25 heavy (non-hydrogen) atoms. The van der Waals surface area contributed by atoms with E-state index in [-0.39, 0.29) is 40.3 Å². The minimum absolute atomic E-state index is 0.0191. The Kier molecular flexibility index (Phi) is 6.56. The fourth-order valence-corrected chi connectivity index (χ4v) is 7.56. The lowest BCUT2D eigenvalue weighted by molar-refractivity contribution is -0.492. The van der Waals surface area contributed by atoms with Crippen LogP contribution < -0.4 is 10.5 Å². The predicted molar refractivity (Wildman–Crippen MR) is 88.3 cm³/mol. The SMILES string of the molecule is CCNC1CC(CCCON(O)O)S(=O)(=O)c2sc(S(N)(=O)=O)cc21. The molecule has 1 aromatic rings. The zero-order valence-electron chi connectivity index (χ0n) is 13.5. The lowest BCUT2D eigenvalue weighted by Crippen LogP contribution is -2.35. The average molecular weight is 416 g/mol. The van der Waals surface area contributed by atoms with E-state index in [0.29, 0.717) is 23.4 Å². The normalized spacial score (nSPS) is 22.9. The third kappa shape index (κ3) is 4.75. The van der Waals surface area contributed by atoms with E-state index in [1.54, 1.807) is 0 Å². The van der Waals surface area contributed by atoms with Crippen LogP contribution in [0.1, 0.15) is 37.8 Å². The van der Waals surface area contributed by atoms with Crippen LogP contribution in [0, 0.1) is 0 Å². The first kappa shape index (κ1) is 20.7. The van der Waals surface area contributed by atoms with Crippen LogP contribution >= 0.6 is 11.3 Å². The van der Waals surface area contributed by atoms with E-state index in [0.717, 1.165) is 0 Å². The summed E-state index contributed by atoms with van der Waals surface area (Å²) in [6.45, 7) is 2.39. The minimum Gasteiger partial charge on any atom is -0.310 e. The number of hydrogen-bond acceptors (Lipinski definition) is 10. The van der Waals surface area contributed by atoms with Crippen molar-refractivity contribution in [2.45, 2.75) is 45.9 Å². The van der Waals surface area contributed by atoms with E-state index in [2.05, 4.69) is 10.2 Å². The van der Waals surface area contributed by atoms with Crippen molar-refractivity contribution in [1.29, 1.82) is 0 Å². The van der Waals surface area contributed by atoms with Gasteiger partial charge in [-0.3, -0.25) is 15.3 Å². The van der Waals surface area contributed by atoms with Gasteiger partial charge < -0.3 is 5.32 Å². The number of nitrogens with one attached hydrogen (secondary N) is 1. The Morgan fingerprint density at radius 2 is 2.16 bits per heavy atom. The lowest BCUT2D eigenvalue weighted by Gasteiger charge is -2.29. The molecule has 2 atom stereocenters. The molecule has 2 rings (SSSR count). The van der Waals surface area contributed by atoms with E-state index in [1.807, 2.05) is 6.92 Å². The van der Waals surface area contributed by atoms with Gasteiger partial charge in [0.05, 0.1) is 17.2 Å². The number of nitrogens with two attached hydrogens (primary N) is 1. The number of sulfonamides is 1. The van der Waals surface area contributed by atoms with Crippen molar-refractivity contribution in [2.24, 2.45) is 5.14 Å². The number of hydrogen-bond donors (Lipinski definition) is 4. The van der Waals surface area contributed by atoms with Crippen LogP contribution in [0.15, 0.2) is 14.5 Å². The fourth-order valence-electron chi connectivity index (χ4n) is 2.81. The summed E-state index contributed by atoms with van der Waals surface area (Å²) >= 11 is 0.666. The lowest BCUT2D eigenvalue weighted by atomic mass is 10.0. The quantitative estimate of drug-likeness (QED) is 0.348. The molecule has 0 amide bonds. The van der Waals surface area contributed by atoms with Gasteiger partial charge in [-0.05, 0) is 31.9 Å². The van der Waals surface area contributed by atoms with Gasteiger partial charge in [-0.15, -0.1) is 11.3 Å². The molecule has 0 saturated carbocycles. The molecule has 144 valence electrons. The van der Waals surface area contributed by atoms with Crippen LogP contribution in [0.2, 0.25) is 0 Å². The first-order chi connectivity index (χ1) is 11.6.